The molecular weight excluding hydrogens is 450 g/mol. The minimum Gasteiger partial charge on any atom is -0.463 e. The van der Waals surface area contributed by atoms with Crippen molar-refractivity contribution in [2.75, 3.05) is 4.72 Å². The second-order valence-corrected chi connectivity index (χ2v) is 9.45. The molecule has 4 aromatic rings. The van der Waals surface area contributed by atoms with E-state index in [-0.39, 0.29) is 10.8 Å². The van der Waals surface area contributed by atoms with E-state index in [0.717, 1.165) is 0 Å². The first-order chi connectivity index (χ1) is 16.5. The van der Waals surface area contributed by atoms with Gasteiger partial charge in [-0.05, 0) is 42.5 Å². The Morgan fingerprint density at radius 3 is 2.26 bits per heavy atom. The lowest BCUT2D eigenvalue weighted by atomic mass is 9.99. The van der Waals surface area contributed by atoms with Crippen LogP contribution in [0.15, 0.2) is 118 Å². The number of rotatable bonds is 6. The molecule has 0 unspecified atom stereocenters. The van der Waals surface area contributed by atoms with E-state index in [4.69, 9.17) is 4.42 Å². The van der Waals surface area contributed by atoms with Crippen LogP contribution >= 0.6 is 0 Å². The minimum absolute atomic E-state index is 0.154. The van der Waals surface area contributed by atoms with Gasteiger partial charge in [0.1, 0.15) is 11.5 Å². The Kier molecular flexibility index (Phi) is 5.73. The van der Waals surface area contributed by atoms with E-state index in [1.165, 1.54) is 17.1 Å². The van der Waals surface area contributed by atoms with Gasteiger partial charge in [0, 0.05) is 17.5 Å². The maximum Gasteiger partial charge on any atom is 0.274 e. The smallest absolute Gasteiger partial charge is 0.274 e. The maximum atomic E-state index is 13.4. The van der Waals surface area contributed by atoms with Crippen molar-refractivity contribution in [3.63, 3.8) is 0 Å². The van der Waals surface area contributed by atoms with Crippen LogP contribution in [0.3, 0.4) is 0 Å². The standard InChI is InChI=1S/C26H21N3O4S/c30-26(19-10-3-1-4-11-19)29-24(18-23(27-29)25-16-9-17-33-25)21-14-7-8-15-22(21)28-34(31,32)20-12-5-2-6-13-20/h1-17,24,28H,18H2/t24-/m1/s1. The molecule has 0 spiro atoms. The fraction of sp³-hybridized carbons (Fsp3) is 0.0769. The van der Waals surface area contributed by atoms with Crippen molar-refractivity contribution in [3.05, 3.63) is 120 Å². The third-order valence-corrected chi connectivity index (χ3v) is 6.94. The van der Waals surface area contributed by atoms with Crippen molar-refractivity contribution in [2.45, 2.75) is 17.4 Å². The van der Waals surface area contributed by atoms with Gasteiger partial charge in [-0.2, -0.15) is 5.10 Å². The molecule has 0 bridgehead atoms. The van der Waals surface area contributed by atoms with Crippen molar-refractivity contribution in [1.29, 1.82) is 0 Å². The highest BCUT2D eigenvalue weighted by molar-refractivity contribution is 7.92. The van der Waals surface area contributed by atoms with Crippen LogP contribution in [-0.4, -0.2) is 25.0 Å². The highest BCUT2D eigenvalue weighted by Crippen LogP contribution is 2.38. The summed E-state index contributed by atoms with van der Waals surface area (Å²) in [4.78, 5) is 13.6. The van der Waals surface area contributed by atoms with Crippen LogP contribution in [0.5, 0.6) is 0 Å². The topological polar surface area (TPSA) is 92.0 Å². The summed E-state index contributed by atoms with van der Waals surface area (Å²) in [5.74, 6) is 0.281. The molecule has 0 aliphatic carbocycles. The van der Waals surface area contributed by atoms with Crippen molar-refractivity contribution in [3.8, 4) is 0 Å². The Hall–Kier alpha value is -4.17. The SMILES string of the molecule is O=C(c1ccccc1)N1N=C(c2ccco2)C[C@@H]1c1ccccc1NS(=O)(=O)c1ccccc1. The van der Waals surface area contributed by atoms with E-state index < -0.39 is 16.1 Å². The fourth-order valence-corrected chi connectivity index (χ4v) is 5.04. The molecular formula is C26H21N3O4S. The first-order valence-electron chi connectivity index (χ1n) is 10.7. The van der Waals surface area contributed by atoms with E-state index in [1.807, 2.05) is 12.1 Å². The molecule has 1 amide bonds. The highest BCUT2D eigenvalue weighted by atomic mass is 32.2. The van der Waals surface area contributed by atoms with Crippen LogP contribution in [-0.2, 0) is 10.0 Å². The molecule has 170 valence electrons. The van der Waals surface area contributed by atoms with Gasteiger partial charge in [0.05, 0.1) is 22.9 Å². The molecule has 1 aromatic heterocycles. The number of furan rings is 1. The molecule has 0 saturated heterocycles. The second-order valence-electron chi connectivity index (χ2n) is 7.77. The predicted molar refractivity (Wildman–Crippen MR) is 129 cm³/mol. The summed E-state index contributed by atoms with van der Waals surface area (Å²) in [5.41, 5.74) is 2.12. The van der Waals surface area contributed by atoms with Crippen molar-refractivity contribution in [2.24, 2.45) is 5.10 Å². The van der Waals surface area contributed by atoms with Gasteiger partial charge < -0.3 is 4.42 Å². The fourth-order valence-electron chi connectivity index (χ4n) is 3.93. The number of benzene rings is 3. The summed E-state index contributed by atoms with van der Waals surface area (Å²) in [6, 6.07) is 27.1. The average Bonchev–Trinajstić information content (AvgIpc) is 3.55. The third-order valence-electron chi connectivity index (χ3n) is 5.56. The summed E-state index contributed by atoms with van der Waals surface area (Å²) >= 11 is 0. The molecule has 3 aromatic carbocycles. The number of anilines is 1. The van der Waals surface area contributed by atoms with E-state index in [1.54, 1.807) is 79.1 Å². The molecule has 8 heteroatoms. The molecule has 0 radical (unpaired) electrons. The van der Waals surface area contributed by atoms with Crippen molar-refractivity contribution < 1.29 is 17.6 Å². The van der Waals surface area contributed by atoms with E-state index in [0.29, 0.717) is 34.7 Å². The number of hydrazone groups is 1. The lowest BCUT2D eigenvalue weighted by Crippen LogP contribution is -2.28. The van der Waals surface area contributed by atoms with Crippen LogP contribution < -0.4 is 4.72 Å². The monoisotopic (exact) mass is 471 g/mol. The zero-order chi connectivity index (χ0) is 23.5. The number of nitrogens with zero attached hydrogens (tertiary/aromatic N) is 2. The second kappa shape index (κ2) is 8.99. The molecule has 1 aliphatic rings. The zero-order valence-electron chi connectivity index (χ0n) is 18.0. The van der Waals surface area contributed by atoms with E-state index in [2.05, 4.69) is 9.82 Å². The summed E-state index contributed by atoms with van der Waals surface area (Å²) < 4.78 is 34.3. The third kappa shape index (κ3) is 4.23. The number of nitrogens with one attached hydrogen (secondary N) is 1. The summed E-state index contributed by atoms with van der Waals surface area (Å²) in [6.45, 7) is 0. The Bertz CT molecular complexity index is 1430. The molecule has 1 aliphatic heterocycles. The van der Waals surface area contributed by atoms with Crippen LogP contribution in [0, 0.1) is 0 Å². The van der Waals surface area contributed by atoms with Gasteiger partial charge in [-0.15, -0.1) is 0 Å². The van der Waals surface area contributed by atoms with Crippen LogP contribution in [0.25, 0.3) is 0 Å². The van der Waals surface area contributed by atoms with Gasteiger partial charge in [-0.1, -0.05) is 54.6 Å². The summed E-state index contributed by atoms with van der Waals surface area (Å²) in [6.07, 6.45) is 1.92. The Morgan fingerprint density at radius 2 is 1.56 bits per heavy atom. The number of carbonyl (C=O) groups is 1. The zero-order valence-corrected chi connectivity index (χ0v) is 18.9. The summed E-state index contributed by atoms with van der Waals surface area (Å²) in [7, 11) is -3.82. The quantitative estimate of drug-likeness (QED) is 0.425. The van der Waals surface area contributed by atoms with Crippen LogP contribution in [0.4, 0.5) is 5.69 Å². The first-order valence-corrected chi connectivity index (χ1v) is 12.2. The van der Waals surface area contributed by atoms with Gasteiger partial charge in [-0.3, -0.25) is 9.52 Å². The van der Waals surface area contributed by atoms with Gasteiger partial charge in [-0.25, -0.2) is 13.4 Å². The van der Waals surface area contributed by atoms with Crippen molar-refractivity contribution >= 4 is 27.3 Å². The Balaban J connectivity index is 1.54. The lowest BCUT2D eigenvalue weighted by Gasteiger charge is -2.24. The molecule has 34 heavy (non-hydrogen) atoms. The number of sulfonamides is 1. The number of hydrogen-bond acceptors (Lipinski definition) is 5. The predicted octanol–water partition coefficient (Wildman–Crippen LogP) is 5.07. The highest BCUT2D eigenvalue weighted by Gasteiger charge is 2.36. The Labute approximate surface area is 197 Å². The lowest BCUT2D eigenvalue weighted by molar-refractivity contribution is 0.0712. The number of para-hydroxylation sites is 1. The maximum absolute atomic E-state index is 13.4. The Morgan fingerprint density at radius 1 is 0.882 bits per heavy atom. The van der Waals surface area contributed by atoms with E-state index >= 15 is 0 Å². The first kappa shape index (κ1) is 21.7. The largest absolute Gasteiger partial charge is 0.463 e. The molecule has 2 heterocycles. The van der Waals surface area contributed by atoms with Gasteiger partial charge >= 0.3 is 0 Å². The van der Waals surface area contributed by atoms with Crippen LogP contribution in [0.2, 0.25) is 0 Å². The summed E-state index contributed by atoms with van der Waals surface area (Å²) in [5, 5.41) is 6.00. The van der Waals surface area contributed by atoms with Crippen molar-refractivity contribution in [1.82, 2.24) is 5.01 Å². The molecule has 5 rings (SSSR count). The molecule has 1 atom stereocenters. The normalized spacial score (nSPS) is 15.7. The van der Waals surface area contributed by atoms with Gasteiger partial charge in [0.25, 0.3) is 15.9 Å². The van der Waals surface area contributed by atoms with E-state index in [9.17, 15) is 13.2 Å². The molecule has 7 nitrogen and oxygen atoms in total. The van der Waals surface area contributed by atoms with Gasteiger partial charge in [0.15, 0.2) is 0 Å². The van der Waals surface area contributed by atoms with Crippen LogP contribution in [0.1, 0.15) is 34.1 Å². The average molecular weight is 472 g/mol. The van der Waals surface area contributed by atoms with Gasteiger partial charge in [0.2, 0.25) is 0 Å². The number of amides is 1. The number of carbonyl (C=O) groups excluding carboxylic acids is 1. The molecule has 0 saturated carbocycles. The molecule has 1 N–H and O–H groups in total. The minimum atomic E-state index is -3.82. The number of hydrogen-bond donors (Lipinski definition) is 1. The molecule has 0 fully saturated rings.